The zero-order valence-corrected chi connectivity index (χ0v) is 19.8. The topological polar surface area (TPSA) is 169 Å². The quantitative estimate of drug-likeness (QED) is 0.285. The molecule has 1 atom stereocenters. The number of non-ortho nitro benzene ring substituents is 1. The van der Waals surface area contributed by atoms with Gasteiger partial charge in [-0.05, 0) is 43.9 Å². The van der Waals surface area contributed by atoms with Crippen molar-refractivity contribution >= 4 is 32.9 Å². The Morgan fingerprint density at radius 3 is 2.66 bits per heavy atom. The molecule has 3 N–H and O–H groups in total. The smallest absolute Gasteiger partial charge is 0.270 e. The summed E-state index contributed by atoms with van der Waals surface area (Å²) in [4.78, 5) is 10.4. The zero-order chi connectivity index (χ0) is 25.2. The van der Waals surface area contributed by atoms with E-state index in [9.17, 15) is 23.6 Å². The van der Waals surface area contributed by atoms with Gasteiger partial charge in [0.1, 0.15) is 10.6 Å². The van der Waals surface area contributed by atoms with Crippen LogP contribution in [0.3, 0.4) is 0 Å². The maximum absolute atomic E-state index is 13.5. The molecule has 184 valence electrons. The number of aromatic nitrogens is 2. The first kappa shape index (κ1) is 24.4. The number of nitrogen functional groups attached to an aromatic ring is 1. The lowest BCUT2D eigenvalue weighted by Crippen LogP contribution is -2.40. The molecule has 2 heterocycles. The normalized spacial score (nSPS) is 17.1. The number of benzene rings is 2. The number of hydrogen-bond acceptors (Lipinski definition) is 9. The van der Waals surface area contributed by atoms with Gasteiger partial charge in [-0.25, -0.2) is 13.1 Å². The molecule has 1 aliphatic rings. The maximum Gasteiger partial charge on any atom is 0.270 e. The molecule has 13 heteroatoms. The maximum atomic E-state index is 13.5. The fraction of sp³-hybridized carbons (Fsp3) is 0.318. The summed E-state index contributed by atoms with van der Waals surface area (Å²) in [6.45, 7) is 1.92. The Hall–Kier alpha value is -3.68. The van der Waals surface area contributed by atoms with Gasteiger partial charge in [0.15, 0.2) is 11.5 Å². The largest absolute Gasteiger partial charge is 0.396 e. The fourth-order valence-corrected chi connectivity index (χ4v) is 5.67. The van der Waals surface area contributed by atoms with Crippen LogP contribution in [-0.2, 0) is 10.0 Å². The third kappa shape index (κ3) is 4.92. The minimum absolute atomic E-state index is 0.0621. The van der Waals surface area contributed by atoms with Crippen LogP contribution in [0.5, 0.6) is 0 Å². The number of azo groups is 1. The number of sulfonamides is 1. The van der Waals surface area contributed by atoms with E-state index in [1.54, 1.807) is 6.92 Å². The molecule has 3 aromatic rings. The molecular formula is C22H25N7O5S. The second-order valence-corrected chi connectivity index (χ2v) is 10.1. The van der Waals surface area contributed by atoms with E-state index in [0.717, 1.165) is 11.8 Å². The van der Waals surface area contributed by atoms with Crippen LogP contribution in [0.4, 0.5) is 22.9 Å². The molecular weight excluding hydrogens is 474 g/mol. The van der Waals surface area contributed by atoms with Gasteiger partial charge in [-0.15, -0.1) is 10.2 Å². The summed E-state index contributed by atoms with van der Waals surface area (Å²) >= 11 is 0. The highest BCUT2D eigenvalue weighted by molar-refractivity contribution is 7.89. The predicted octanol–water partition coefficient (Wildman–Crippen LogP) is 3.48. The van der Waals surface area contributed by atoms with Crippen molar-refractivity contribution in [2.75, 3.05) is 25.4 Å². The minimum Gasteiger partial charge on any atom is -0.396 e. The number of nitro benzene ring substituents is 1. The number of nitrogens with zero attached hydrogens (tertiary/aromatic N) is 6. The average Bonchev–Trinajstić information content (AvgIpc) is 3.16. The first-order chi connectivity index (χ1) is 16.7. The number of para-hydroxylation sites is 1. The Bertz CT molecular complexity index is 1370. The van der Waals surface area contributed by atoms with Crippen LogP contribution in [0, 0.1) is 23.0 Å². The molecule has 0 saturated carbocycles. The first-order valence-electron chi connectivity index (χ1n) is 10.9. The second kappa shape index (κ2) is 9.90. The summed E-state index contributed by atoms with van der Waals surface area (Å²) in [5.41, 5.74) is 7.25. The summed E-state index contributed by atoms with van der Waals surface area (Å²) in [7, 11) is -4.14. The SMILES string of the molecule is Cc1nn(-c2ccccc2)c(N)c1/N=N/c1ccc([N+](=O)[O-])cc1S(=O)(=O)N1CCCC(CO)C1. The van der Waals surface area contributed by atoms with Crippen LogP contribution >= 0.6 is 0 Å². The van der Waals surface area contributed by atoms with Crippen molar-refractivity contribution in [3.8, 4) is 5.69 Å². The Labute approximate surface area is 201 Å². The van der Waals surface area contributed by atoms with Crippen LogP contribution in [0.2, 0.25) is 0 Å². The monoisotopic (exact) mass is 499 g/mol. The van der Waals surface area contributed by atoms with Gasteiger partial charge in [-0.1, -0.05) is 18.2 Å². The molecule has 1 aliphatic heterocycles. The fourth-order valence-electron chi connectivity index (χ4n) is 3.97. The molecule has 0 amide bonds. The van der Waals surface area contributed by atoms with Crippen LogP contribution in [-0.4, -0.2) is 52.2 Å². The van der Waals surface area contributed by atoms with Gasteiger partial charge in [0.25, 0.3) is 5.69 Å². The molecule has 35 heavy (non-hydrogen) atoms. The molecule has 0 bridgehead atoms. The number of piperidine rings is 1. The molecule has 0 aliphatic carbocycles. The number of aryl methyl sites for hydroxylation is 1. The molecule has 1 unspecified atom stereocenters. The lowest BCUT2D eigenvalue weighted by molar-refractivity contribution is -0.385. The van der Waals surface area contributed by atoms with Crippen molar-refractivity contribution in [2.45, 2.75) is 24.7 Å². The van der Waals surface area contributed by atoms with Crippen LogP contribution < -0.4 is 5.73 Å². The van der Waals surface area contributed by atoms with Crippen LogP contribution in [0.25, 0.3) is 5.69 Å². The average molecular weight is 500 g/mol. The van der Waals surface area contributed by atoms with Crippen molar-refractivity contribution in [2.24, 2.45) is 16.1 Å². The van der Waals surface area contributed by atoms with E-state index in [2.05, 4.69) is 15.3 Å². The van der Waals surface area contributed by atoms with E-state index < -0.39 is 14.9 Å². The second-order valence-electron chi connectivity index (χ2n) is 8.23. The number of nitro groups is 1. The molecule has 0 radical (unpaired) electrons. The number of rotatable bonds is 7. The Balaban J connectivity index is 1.75. The molecule has 4 rings (SSSR count). The third-order valence-electron chi connectivity index (χ3n) is 5.83. The van der Waals surface area contributed by atoms with Gasteiger partial charge < -0.3 is 10.8 Å². The minimum atomic E-state index is -4.14. The lowest BCUT2D eigenvalue weighted by Gasteiger charge is -2.31. The molecule has 2 aromatic carbocycles. The van der Waals surface area contributed by atoms with Gasteiger partial charge in [-0.2, -0.15) is 9.40 Å². The summed E-state index contributed by atoms with van der Waals surface area (Å²) in [5, 5.41) is 33.5. The van der Waals surface area contributed by atoms with Crippen molar-refractivity contribution in [1.82, 2.24) is 14.1 Å². The van der Waals surface area contributed by atoms with E-state index in [0.29, 0.717) is 18.5 Å². The number of aliphatic hydroxyl groups excluding tert-OH is 1. The Kier molecular flexibility index (Phi) is 6.91. The number of aliphatic hydroxyl groups is 1. The van der Waals surface area contributed by atoms with Gasteiger partial charge in [0, 0.05) is 31.8 Å². The van der Waals surface area contributed by atoms with E-state index in [-0.39, 0.29) is 53.4 Å². The van der Waals surface area contributed by atoms with Gasteiger partial charge in [0.2, 0.25) is 10.0 Å². The summed E-state index contributed by atoms with van der Waals surface area (Å²) in [6.07, 6.45) is 1.28. The number of anilines is 1. The summed E-state index contributed by atoms with van der Waals surface area (Å²) < 4.78 is 29.6. The van der Waals surface area contributed by atoms with Gasteiger partial charge in [0.05, 0.1) is 16.3 Å². The van der Waals surface area contributed by atoms with Crippen molar-refractivity contribution < 1.29 is 18.4 Å². The first-order valence-corrected chi connectivity index (χ1v) is 12.4. The standard InChI is InChI=1S/C22H25N7O5S/c1-15-21(22(23)28(26-15)17-7-3-2-4-8-17)25-24-19-10-9-18(29(31)32)12-20(19)35(33,34)27-11-5-6-16(13-27)14-30/h2-4,7-10,12,16,30H,5-6,11,13-14,23H2,1H3/b25-24+. The Morgan fingerprint density at radius 2 is 1.97 bits per heavy atom. The molecule has 12 nitrogen and oxygen atoms in total. The highest BCUT2D eigenvalue weighted by Gasteiger charge is 2.33. The van der Waals surface area contributed by atoms with E-state index in [1.165, 1.54) is 21.1 Å². The predicted molar refractivity (Wildman–Crippen MR) is 129 cm³/mol. The van der Waals surface area contributed by atoms with Gasteiger partial charge in [-0.3, -0.25) is 10.1 Å². The molecule has 1 fully saturated rings. The highest BCUT2D eigenvalue weighted by atomic mass is 32.2. The highest BCUT2D eigenvalue weighted by Crippen LogP contribution is 2.36. The molecule has 1 saturated heterocycles. The third-order valence-corrected chi connectivity index (χ3v) is 7.73. The summed E-state index contributed by atoms with van der Waals surface area (Å²) in [6, 6.07) is 12.6. The van der Waals surface area contributed by atoms with Crippen molar-refractivity contribution in [3.63, 3.8) is 0 Å². The van der Waals surface area contributed by atoms with Gasteiger partial charge >= 0.3 is 0 Å². The lowest BCUT2D eigenvalue weighted by atomic mass is 10.0. The van der Waals surface area contributed by atoms with E-state index in [4.69, 9.17) is 5.73 Å². The number of hydrogen-bond donors (Lipinski definition) is 2. The molecule has 0 spiro atoms. The molecule has 1 aromatic heterocycles. The zero-order valence-electron chi connectivity index (χ0n) is 19.0. The van der Waals surface area contributed by atoms with Crippen LogP contribution in [0.1, 0.15) is 18.5 Å². The van der Waals surface area contributed by atoms with Crippen LogP contribution in [0.15, 0.2) is 63.7 Å². The summed E-state index contributed by atoms with van der Waals surface area (Å²) in [5.74, 6) is 0.0131. The van der Waals surface area contributed by atoms with Crippen molar-refractivity contribution in [3.05, 3.63) is 64.3 Å². The Morgan fingerprint density at radius 1 is 1.23 bits per heavy atom. The number of nitrogens with two attached hydrogens (primary N) is 1. The van der Waals surface area contributed by atoms with E-state index >= 15 is 0 Å². The van der Waals surface area contributed by atoms with Crippen molar-refractivity contribution in [1.29, 1.82) is 0 Å². The van der Waals surface area contributed by atoms with E-state index in [1.807, 2.05) is 30.3 Å².